The van der Waals surface area contributed by atoms with Gasteiger partial charge in [-0.1, -0.05) is 60.7 Å². The Hall–Kier alpha value is -2.67. The lowest BCUT2D eigenvalue weighted by atomic mass is 10.1. The van der Waals surface area contributed by atoms with Gasteiger partial charge in [0.25, 0.3) is 0 Å². The smallest absolute Gasteiger partial charge is 0.337 e. The third-order valence-electron chi connectivity index (χ3n) is 5.41. The zero-order valence-corrected chi connectivity index (χ0v) is 18.6. The highest BCUT2D eigenvalue weighted by atomic mass is 16.7. The summed E-state index contributed by atoms with van der Waals surface area (Å²) in [4.78, 5) is 11.9. The van der Waals surface area contributed by atoms with Crippen LogP contribution in [0.5, 0.6) is 0 Å². The summed E-state index contributed by atoms with van der Waals surface area (Å²) in [6.45, 7) is 4.90. The highest BCUT2D eigenvalue weighted by Gasteiger charge is 2.38. The molecule has 3 atom stereocenters. The Morgan fingerprint density at radius 2 is 1.59 bits per heavy atom. The number of carbonyl (C=O) groups excluding carboxylic acids is 1. The van der Waals surface area contributed by atoms with Crippen LogP contribution in [0, 0.1) is 0 Å². The second-order valence-corrected chi connectivity index (χ2v) is 8.61. The molecule has 1 fully saturated rings. The summed E-state index contributed by atoms with van der Waals surface area (Å²) >= 11 is 0. The van der Waals surface area contributed by atoms with Crippen LogP contribution in [0.25, 0.3) is 0 Å². The normalized spacial score (nSPS) is 24.5. The fourth-order valence-electron chi connectivity index (χ4n) is 3.99. The quantitative estimate of drug-likeness (QED) is 0.536. The van der Waals surface area contributed by atoms with Gasteiger partial charge in [0, 0.05) is 26.7 Å². The molecule has 0 radical (unpaired) electrons. The Labute approximate surface area is 189 Å². The molecule has 6 nitrogen and oxygen atoms in total. The van der Waals surface area contributed by atoms with E-state index in [0.29, 0.717) is 38.4 Å². The Morgan fingerprint density at radius 1 is 0.938 bits per heavy atom. The van der Waals surface area contributed by atoms with Crippen LogP contribution < -0.4 is 0 Å². The summed E-state index contributed by atoms with van der Waals surface area (Å²) in [5.74, 6) is -0.793. The first-order valence-corrected chi connectivity index (χ1v) is 11.0. The van der Waals surface area contributed by atoms with Gasteiger partial charge in [-0.2, -0.15) is 0 Å². The number of esters is 1. The van der Waals surface area contributed by atoms with Gasteiger partial charge in [-0.15, -0.1) is 0 Å². The van der Waals surface area contributed by atoms with Gasteiger partial charge in [-0.05, 0) is 11.1 Å². The van der Waals surface area contributed by atoms with Crippen molar-refractivity contribution in [3.63, 3.8) is 0 Å². The lowest BCUT2D eigenvalue weighted by Gasteiger charge is -2.31. The third kappa shape index (κ3) is 6.42. The SMILES string of the molecule is CC1(C)OC(=O)C=C(C[C@@H]2C[C@H](OCc3ccccc3)[C@@H](COCc3ccccc3)O2)O1. The summed E-state index contributed by atoms with van der Waals surface area (Å²) in [5, 5.41) is 0. The highest BCUT2D eigenvalue weighted by Crippen LogP contribution is 2.32. The Bertz CT molecular complexity index is 908. The van der Waals surface area contributed by atoms with Crippen molar-refractivity contribution in [3.05, 3.63) is 83.6 Å². The predicted molar refractivity (Wildman–Crippen MR) is 118 cm³/mol. The van der Waals surface area contributed by atoms with E-state index in [0.717, 1.165) is 11.1 Å². The van der Waals surface area contributed by atoms with Gasteiger partial charge in [0.05, 0.1) is 38.1 Å². The minimum Gasteiger partial charge on any atom is -0.457 e. The molecule has 0 aliphatic carbocycles. The molecule has 4 rings (SSSR count). The lowest BCUT2D eigenvalue weighted by molar-refractivity contribution is -0.207. The van der Waals surface area contributed by atoms with E-state index >= 15 is 0 Å². The predicted octanol–water partition coefficient (Wildman–Crippen LogP) is 4.53. The fourth-order valence-corrected chi connectivity index (χ4v) is 3.99. The molecule has 6 heteroatoms. The van der Waals surface area contributed by atoms with Crippen molar-refractivity contribution < 1.29 is 28.5 Å². The van der Waals surface area contributed by atoms with Crippen LogP contribution in [0.1, 0.15) is 37.8 Å². The first kappa shape index (κ1) is 22.5. The molecule has 2 aliphatic heterocycles. The monoisotopic (exact) mass is 438 g/mol. The van der Waals surface area contributed by atoms with Crippen molar-refractivity contribution in [2.24, 2.45) is 0 Å². The van der Waals surface area contributed by atoms with Gasteiger partial charge in [0.1, 0.15) is 11.9 Å². The molecule has 32 heavy (non-hydrogen) atoms. The van der Waals surface area contributed by atoms with Crippen LogP contribution in [-0.2, 0) is 41.7 Å². The maximum atomic E-state index is 11.9. The van der Waals surface area contributed by atoms with Gasteiger partial charge in [-0.3, -0.25) is 0 Å². The summed E-state index contributed by atoms with van der Waals surface area (Å²) in [6.07, 6.45) is 2.14. The van der Waals surface area contributed by atoms with Crippen LogP contribution in [0.3, 0.4) is 0 Å². The van der Waals surface area contributed by atoms with Gasteiger partial charge >= 0.3 is 5.97 Å². The number of benzene rings is 2. The van der Waals surface area contributed by atoms with Crippen molar-refractivity contribution in [1.82, 2.24) is 0 Å². The average Bonchev–Trinajstić information content (AvgIpc) is 3.13. The van der Waals surface area contributed by atoms with E-state index in [1.807, 2.05) is 60.7 Å². The van der Waals surface area contributed by atoms with Crippen molar-refractivity contribution >= 4 is 5.97 Å². The first-order valence-electron chi connectivity index (χ1n) is 11.0. The van der Waals surface area contributed by atoms with Crippen LogP contribution in [0.4, 0.5) is 0 Å². The van der Waals surface area contributed by atoms with Gasteiger partial charge in [0.2, 0.25) is 5.79 Å². The number of cyclic esters (lactones) is 1. The largest absolute Gasteiger partial charge is 0.457 e. The second-order valence-electron chi connectivity index (χ2n) is 8.61. The summed E-state index contributed by atoms with van der Waals surface area (Å²) in [7, 11) is 0. The molecule has 0 amide bonds. The number of carbonyl (C=O) groups is 1. The van der Waals surface area contributed by atoms with Crippen LogP contribution in [-0.4, -0.2) is 36.7 Å². The van der Waals surface area contributed by atoms with Crippen molar-refractivity contribution in [3.8, 4) is 0 Å². The van der Waals surface area contributed by atoms with E-state index in [1.165, 1.54) is 6.08 Å². The first-order chi connectivity index (χ1) is 15.5. The van der Waals surface area contributed by atoms with Gasteiger partial charge < -0.3 is 23.7 Å². The minimum absolute atomic E-state index is 0.111. The standard InChI is InChI=1S/C26H30O6/c1-26(2)31-22(15-25(27)32-26)13-21-14-23(29-17-20-11-7-4-8-12-20)24(30-21)18-28-16-19-9-5-3-6-10-19/h3-12,15,21,23-24H,13-14,16-18H2,1-2H3/t21-,23+,24-/m1/s1. The summed E-state index contributed by atoms with van der Waals surface area (Å²) in [6, 6.07) is 20.1. The van der Waals surface area contributed by atoms with E-state index < -0.39 is 11.8 Å². The van der Waals surface area contributed by atoms with E-state index in [-0.39, 0.29) is 18.3 Å². The molecule has 2 aromatic rings. The highest BCUT2D eigenvalue weighted by molar-refractivity contribution is 5.83. The van der Waals surface area contributed by atoms with E-state index in [4.69, 9.17) is 23.7 Å². The molecule has 2 aliphatic rings. The van der Waals surface area contributed by atoms with E-state index in [2.05, 4.69) is 0 Å². The molecule has 170 valence electrons. The van der Waals surface area contributed by atoms with Crippen molar-refractivity contribution in [2.75, 3.05) is 6.61 Å². The number of rotatable bonds is 9. The topological polar surface area (TPSA) is 63.2 Å². The molecule has 2 aromatic carbocycles. The zero-order chi connectivity index (χ0) is 22.4. The lowest BCUT2D eigenvalue weighted by Crippen LogP contribution is -2.35. The number of ether oxygens (including phenoxy) is 5. The zero-order valence-electron chi connectivity index (χ0n) is 18.6. The number of hydrogen-bond acceptors (Lipinski definition) is 6. The molecule has 1 saturated heterocycles. The van der Waals surface area contributed by atoms with Crippen LogP contribution in [0.15, 0.2) is 72.5 Å². The van der Waals surface area contributed by atoms with Crippen molar-refractivity contribution in [2.45, 2.75) is 64.0 Å². The van der Waals surface area contributed by atoms with Crippen LogP contribution in [0.2, 0.25) is 0 Å². The fraction of sp³-hybridized carbons (Fsp3) is 0.423. The molecule has 0 spiro atoms. The molecule has 2 heterocycles. The molecular weight excluding hydrogens is 408 g/mol. The minimum atomic E-state index is -0.971. The maximum absolute atomic E-state index is 11.9. The Balaban J connectivity index is 1.36. The molecule has 0 saturated carbocycles. The van der Waals surface area contributed by atoms with E-state index in [1.54, 1.807) is 13.8 Å². The average molecular weight is 439 g/mol. The molecule has 0 N–H and O–H groups in total. The Morgan fingerprint density at radius 3 is 2.25 bits per heavy atom. The summed E-state index contributed by atoms with van der Waals surface area (Å²) in [5.41, 5.74) is 2.23. The molecule has 0 aromatic heterocycles. The molecular formula is C26H30O6. The van der Waals surface area contributed by atoms with Crippen molar-refractivity contribution in [1.29, 1.82) is 0 Å². The van der Waals surface area contributed by atoms with Crippen LogP contribution >= 0.6 is 0 Å². The third-order valence-corrected chi connectivity index (χ3v) is 5.41. The van der Waals surface area contributed by atoms with Gasteiger partial charge in [0.15, 0.2) is 0 Å². The molecule has 0 unspecified atom stereocenters. The second kappa shape index (κ2) is 10.3. The number of hydrogen-bond donors (Lipinski definition) is 0. The molecule has 0 bridgehead atoms. The van der Waals surface area contributed by atoms with E-state index in [9.17, 15) is 4.79 Å². The maximum Gasteiger partial charge on any atom is 0.337 e. The van der Waals surface area contributed by atoms with Gasteiger partial charge in [-0.25, -0.2) is 4.79 Å². The summed E-state index contributed by atoms with van der Waals surface area (Å²) < 4.78 is 29.4. The Kier molecular flexibility index (Phi) is 7.25.